The van der Waals surface area contributed by atoms with Crippen molar-refractivity contribution in [1.82, 2.24) is 15.5 Å². The number of morpholine rings is 1. The first-order valence-electron chi connectivity index (χ1n) is 10.5. The lowest BCUT2D eigenvalue weighted by Gasteiger charge is -2.33. The topological polar surface area (TPSA) is 73.8 Å². The largest absolute Gasteiger partial charge is 0.508 e. The molecular formula is C23H28FN3O3. The highest BCUT2D eigenvalue weighted by molar-refractivity contribution is 5.77. The summed E-state index contributed by atoms with van der Waals surface area (Å²) in [5.74, 6) is -0.0768. The predicted molar refractivity (Wildman–Crippen MR) is 111 cm³/mol. The van der Waals surface area contributed by atoms with Gasteiger partial charge in [0.05, 0.1) is 19.3 Å². The Morgan fingerprint density at radius 1 is 1.20 bits per heavy atom. The number of ether oxygens (including phenoxy) is 1. The number of phenols is 1. The molecule has 0 bridgehead atoms. The van der Waals surface area contributed by atoms with Crippen LogP contribution in [0.1, 0.15) is 35.6 Å². The minimum atomic E-state index is -0.405. The summed E-state index contributed by atoms with van der Waals surface area (Å²) in [5, 5.41) is 16.7. The third kappa shape index (κ3) is 4.98. The molecule has 0 spiro atoms. The van der Waals surface area contributed by atoms with Crippen molar-refractivity contribution in [2.45, 2.75) is 38.0 Å². The SMILES string of the molecule is O=C1CC[C@@H](NCc2ccc(O)c(CN3CCOCC3)c2)[C@H](c2ccccc2F)N1. The average molecular weight is 413 g/mol. The highest BCUT2D eigenvalue weighted by Gasteiger charge is 2.31. The fourth-order valence-corrected chi connectivity index (χ4v) is 4.17. The number of nitrogens with zero attached hydrogens (tertiary/aromatic N) is 1. The number of phenolic OH excluding ortho intramolecular Hbond substituents is 1. The van der Waals surface area contributed by atoms with E-state index < -0.39 is 6.04 Å². The first-order chi connectivity index (χ1) is 14.6. The van der Waals surface area contributed by atoms with Crippen LogP contribution in [0.2, 0.25) is 0 Å². The number of carbonyl (C=O) groups is 1. The van der Waals surface area contributed by atoms with Crippen LogP contribution in [0, 0.1) is 5.82 Å². The van der Waals surface area contributed by atoms with Crippen molar-refractivity contribution in [1.29, 1.82) is 0 Å². The van der Waals surface area contributed by atoms with E-state index >= 15 is 0 Å². The molecule has 2 fully saturated rings. The maximum Gasteiger partial charge on any atom is 0.220 e. The van der Waals surface area contributed by atoms with Crippen LogP contribution in [0.5, 0.6) is 5.75 Å². The second-order valence-corrected chi connectivity index (χ2v) is 7.94. The molecule has 2 aliphatic rings. The van der Waals surface area contributed by atoms with Crippen LogP contribution >= 0.6 is 0 Å². The zero-order valence-electron chi connectivity index (χ0n) is 16.9. The molecule has 0 radical (unpaired) electrons. The second-order valence-electron chi connectivity index (χ2n) is 7.94. The first-order valence-corrected chi connectivity index (χ1v) is 10.5. The Balaban J connectivity index is 1.44. The fraction of sp³-hybridized carbons (Fsp3) is 0.435. The van der Waals surface area contributed by atoms with Gasteiger partial charge in [-0.25, -0.2) is 4.39 Å². The summed E-state index contributed by atoms with van der Waals surface area (Å²) < 4.78 is 19.7. The molecule has 7 heteroatoms. The van der Waals surface area contributed by atoms with Gasteiger partial charge >= 0.3 is 0 Å². The van der Waals surface area contributed by atoms with Gasteiger partial charge in [-0.3, -0.25) is 9.69 Å². The van der Waals surface area contributed by atoms with Gasteiger partial charge < -0.3 is 20.5 Å². The predicted octanol–water partition coefficient (Wildman–Crippen LogP) is 2.47. The van der Waals surface area contributed by atoms with Crippen molar-refractivity contribution in [2.75, 3.05) is 26.3 Å². The Morgan fingerprint density at radius 3 is 2.80 bits per heavy atom. The molecule has 2 atom stereocenters. The summed E-state index contributed by atoms with van der Waals surface area (Å²) in [5.41, 5.74) is 2.43. The zero-order chi connectivity index (χ0) is 20.9. The van der Waals surface area contributed by atoms with Crippen LogP contribution in [0.4, 0.5) is 4.39 Å². The molecule has 3 N–H and O–H groups in total. The molecule has 0 unspecified atom stereocenters. The Labute approximate surface area is 176 Å². The van der Waals surface area contributed by atoms with E-state index in [0.717, 1.165) is 24.2 Å². The second kappa shape index (κ2) is 9.55. The minimum absolute atomic E-state index is 0.0567. The Kier molecular flexibility index (Phi) is 6.62. The van der Waals surface area contributed by atoms with Gasteiger partial charge in [-0.1, -0.05) is 24.3 Å². The lowest BCUT2D eigenvalue weighted by Crippen LogP contribution is -2.48. The molecule has 2 aromatic rings. The van der Waals surface area contributed by atoms with Gasteiger partial charge in [-0.05, 0) is 30.2 Å². The quantitative estimate of drug-likeness (QED) is 0.679. The molecule has 1 amide bonds. The summed E-state index contributed by atoms with van der Waals surface area (Å²) in [6.07, 6.45) is 1.06. The molecule has 2 saturated heterocycles. The number of halogens is 1. The van der Waals surface area contributed by atoms with Gasteiger partial charge in [-0.15, -0.1) is 0 Å². The smallest absolute Gasteiger partial charge is 0.220 e. The molecule has 6 nitrogen and oxygen atoms in total. The Morgan fingerprint density at radius 2 is 2.00 bits per heavy atom. The monoisotopic (exact) mass is 413 g/mol. The third-order valence-corrected chi connectivity index (χ3v) is 5.85. The number of piperidine rings is 1. The van der Waals surface area contributed by atoms with Crippen LogP contribution < -0.4 is 10.6 Å². The lowest BCUT2D eigenvalue weighted by molar-refractivity contribution is -0.123. The molecular weight excluding hydrogens is 385 g/mol. The van der Waals surface area contributed by atoms with Gasteiger partial charge in [0.1, 0.15) is 11.6 Å². The summed E-state index contributed by atoms with van der Waals surface area (Å²) >= 11 is 0. The van der Waals surface area contributed by atoms with Crippen LogP contribution in [0.25, 0.3) is 0 Å². The molecule has 2 aliphatic heterocycles. The highest BCUT2D eigenvalue weighted by Crippen LogP contribution is 2.27. The van der Waals surface area contributed by atoms with Crippen molar-refractivity contribution in [2.24, 2.45) is 0 Å². The molecule has 2 aromatic carbocycles. The maximum atomic E-state index is 14.3. The van der Waals surface area contributed by atoms with E-state index in [4.69, 9.17) is 4.74 Å². The van der Waals surface area contributed by atoms with Gasteiger partial charge in [0.15, 0.2) is 0 Å². The number of rotatable bonds is 6. The Hall–Kier alpha value is -2.48. The highest BCUT2D eigenvalue weighted by atomic mass is 19.1. The third-order valence-electron chi connectivity index (χ3n) is 5.85. The van der Waals surface area contributed by atoms with E-state index in [1.807, 2.05) is 12.1 Å². The van der Waals surface area contributed by atoms with E-state index in [0.29, 0.717) is 50.5 Å². The van der Waals surface area contributed by atoms with Crippen molar-refractivity contribution in [3.8, 4) is 5.75 Å². The molecule has 2 heterocycles. The van der Waals surface area contributed by atoms with E-state index in [1.54, 1.807) is 24.3 Å². The molecule has 0 aromatic heterocycles. The summed E-state index contributed by atoms with van der Waals surface area (Å²) in [6.45, 7) is 4.39. The summed E-state index contributed by atoms with van der Waals surface area (Å²) in [6, 6.07) is 11.7. The van der Waals surface area contributed by atoms with Crippen molar-refractivity contribution in [3.63, 3.8) is 0 Å². The van der Waals surface area contributed by atoms with Gasteiger partial charge in [0.25, 0.3) is 0 Å². The number of hydrogen-bond acceptors (Lipinski definition) is 5. The Bertz CT molecular complexity index is 886. The van der Waals surface area contributed by atoms with Crippen LogP contribution in [0.3, 0.4) is 0 Å². The summed E-state index contributed by atoms with van der Waals surface area (Å²) in [7, 11) is 0. The maximum absolute atomic E-state index is 14.3. The number of carbonyl (C=O) groups excluding carboxylic acids is 1. The number of hydrogen-bond donors (Lipinski definition) is 3. The van der Waals surface area contributed by atoms with Gasteiger partial charge in [0, 0.05) is 49.8 Å². The zero-order valence-corrected chi connectivity index (χ0v) is 16.9. The van der Waals surface area contributed by atoms with Gasteiger partial charge in [-0.2, -0.15) is 0 Å². The molecule has 160 valence electrons. The molecule has 4 rings (SSSR count). The van der Waals surface area contributed by atoms with E-state index in [9.17, 15) is 14.3 Å². The van der Waals surface area contributed by atoms with Crippen molar-refractivity contribution >= 4 is 5.91 Å². The number of aromatic hydroxyl groups is 1. The van der Waals surface area contributed by atoms with Gasteiger partial charge in [0.2, 0.25) is 5.91 Å². The van der Waals surface area contributed by atoms with Crippen LogP contribution in [-0.4, -0.2) is 48.3 Å². The molecule has 30 heavy (non-hydrogen) atoms. The lowest BCUT2D eigenvalue weighted by atomic mass is 9.91. The van der Waals surface area contributed by atoms with E-state index in [2.05, 4.69) is 15.5 Å². The fourth-order valence-electron chi connectivity index (χ4n) is 4.17. The molecule has 0 saturated carbocycles. The van der Waals surface area contributed by atoms with Crippen molar-refractivity contribution in [3.05, 3.63) is 65.0 Å². The minimum Gasteiger partial charge on any atom is -0.508 e. The standard InChI is InChI=1S/C23H28FN3O3/c24-19-4-2-1-3-18(19)23-20(6-8-22(29)26-23)25-14-16-5-7-21(28)17(13-16)15-27-9-11-30-12-10-27/h1-5,7,13,20,23,25,28H,6,8-12,14-15H2,(H,26,29)/t20-,23+/m1/s1. The van der Waals surface area contributed by atoms with Crippen LogP contribution in [0.15, 0.2) is 42.5 Å². The number of amides is 1. The number of nitrogens with one attached hydrogen (secondary N) is 2. The van der Waals surface area contributed by atoms with E-state index in [1.165, 1.54) is 6.07 Å². The van der Waals surface area contributed by atoms with E-state index in [-0.39, 0.29) is 17.8 Å². The average Bonchev–Trinajstić information content (AvgIpc) is 2.76. The summed E-state index contributed by atoms with van der Waals surface area (Å²) in [4.78, 5) is 14.2. The first kappa shape index (κ1) is 20.8. The normalized spacial score (nSPS) is 22.6. The number of benzene rings is 2. The van der Waals surface area contributed by atoms with Crippen molar-refractivity contribution < 1.29 is 19.0 Å². The van der Waals surface area contributed by atoms with Crippen LogP contribution in [-0.2, 0) is 22.6 Å². The molecule has 0 aliphatic carbocycles.